The van der Waals surface area contributed by atoms with Gasteiger partial charge < -0.3 is 15.0 Å². The van der Waals surface area contributed by atoms with Crippen molar-refractivity contribution in [3.63, 3.8) is 0 Å². The standard InChI is InChI=1S/C15H22N2OS/c1-4-13-7-5-6-8-14(13)16-15(19)17-9-11(2)18-12(3)10-17/h5-8,11-12H,4,9-10H2,1-3H3,(H,16,19)/t11-,12-/m1/s1. The molecular weight excluding hydrogens is 256 g/mol. The van der Waals surface area contributed by atoms with Crippen LogP contribution in [0.2, 0.25) is 0 Å². The van der Waals surface area contributed by atoms with Crippen molar-refractivity contribution < 1.29 is 4.74 Å². The quantitative estimate of drug-likeness (QED) is 0.840. The molecule has 1 saturated heterocycles. The van der Waals surface area contributed by atoms with E-state index < -0.39 is 0 Å². The molecule has 1 aromatic carbocycles. The Labute approximate surface area is 120 Å². The molecule has 0 aromatic heterocycles. The Kier molecular flexibility index (Phi) is 4.77. The molecule has 2 rings (SSSR count). The molecule has 0 saturated carbocycles. The number of hydrogen-bond donors (Lipinski definition) is 1. The van der Waals surface area contributed by atoms with Gasteiger partial charge in [0.05, 0.1) is 12.2 Å². The molecule has 4 heteroatoms. The van der Waals surface area contributed by atoms with Gasteiger partial charge in [0.25, 0.3) is 0 Å². The number of hydrogen-bond acceptors (Lipinski definition) is 2. The van der Waals surface area contributed by atoms with Crippen LogP contribution >= 0.6 is 12.2 Å². The molecule has 2 atom stereocenters. The maximum absolute atomic E-state index is 5.73. The lowest BCUT2D eigenvalue weighted by molar-refractivity contribution is -0.0473. The Balaban J connectivity index is 2.04. The number of morpholine rings is 1. The molecule has 0 spiro atoms. The number of aryl methyl sites for hydroxylation is 1. The second-order valence-corrected chi connectivity index (χ2v) is 5.49. The van der Waals surface area contributed by atoms with Gasteiger partial charge in [-0.1, -0.05) is 25.1 Å². The molecule has 1 N–H and O–H groups in total. The van der Waals surface area contributed by atoms with Crippen LogP contribution in [-0.4, -0.2) is 35.3 Å². The summed E-state index contributed by atoms with van der Waals surface area (Å²) >= 11 is 5.53. The fourth-order valence-electron chi connectivity index (χ4n) is 2.49. The van der Waals surface area contributed by atoms with Crippen LogP contribution in [0.5, 0.6) is 0 Å². The van der Waals surface area contributed by atoms with Gasteiger partial charge in [0.15, 0.2) is 5.11 Å². The summed E-state index contributed by atoms with van der Waals surface area (Å²) in [6.07, 6.45) is 1.46. The van der Waals surface area contributed by atoms with Gasteiger partial charge in [-0.2, -0.15) is 0 Å². The zero-order valence-corrected chi connectivity index (χ0v) is 12.7. The number of ether oxygens (including phenoxy) is 1. The van der Waals surface area contributed by atoms with E-state index in [0.717, 1.165) is 30.3 Å². The maximum Gasteiger partial charge on any atom is 0.173 e. The summed E-state index contributed by atoms with van der Waals surface area (Å²) in [6, 6.07) is 8.31. The van der Waals surface area contributed by atoms with Crippen molar-refractivity contribution in [3.05, 3.63) is 29.8 Å². The van der Waals surface area contributed by atoms with E-state index in [0.29, 0.717) is 0 Å². The average Bonchev–Trinajstić information content (AvgIpc) is 2.38. The second kappa shape index (κ2) is 6.35. The molecule has 1 aliphatic rings. The van der Waals surface area contributed by atoms with Crippen LogP contribution in [-0.2, 0) is 11.2 Å². The average molecular weight is 278 g/mol. The second-order valence-electron chi connectivity index (χ2n) is 5.10. The Morgan fingerprint density at radius 1 is 1.32 bits per heavy atom. The number of rotatable bonds is 2. The SMILES string of the molecule is CCc1ccccc1NC(=S)N1C[C@@H](C)O[C@H](C)C1. The summed E-state index contributed by atoms with van der Waals surface area (Å²) < 4.78 is 5.73. The third-order valence-electron chi connectivity index (χ3n) is 3.35. The van der Waals surface area contributed by atoms with Gasteiger partial charge in [0, 0.05) is 18.8 Å². The summed E-state index contributed by atoms with van der Waals surface area (Å²) in [4.78, 5) is 2.20. The molecular formula is C15H22N2OS. The molecule has 3 nitrogen and oxygen atoms in total. The van der Waals surface area contributed by atoms with Crippen LogP contribution in [0.1, 0.15) is 26.3 Å². The Morgan fingerprint density at radius 2 is 1.95 bits per heavy atom. The topological polar surface area (TPSA) is 24.5 Å². The monoisotopic (exact) mass is 278 g/mol. The van der Waals surface area contributed by atoms with Gasteiger partial charge in [0.2, 0.25) is 0 Å². The van der Waals surface area contributed by atoms with E-state index in [9.17, 15) is 0 Å². The first-order valence-electron chi connectivity index (χ1n) is 6.89. The number of nitrogens with one attached hydrogen (secondary N) is 1. The van der Waals surface area contributed by atoms with Gasteiger partial charge in [-0.15, -0.1) is 0 Å². The van der Waals surface area contributed by atoms with Gasteiger partial charge in [-0.05, 0) is 44.1 Å². The lowest BCUT2D eigenvalue weighted by Crippen LogP contribution is -2.49. The first kappa shape index (κ1) is 14.3. The van der Waals surface area contributed by atoms with Gasteiger partial charge >= 0.3 is 0 Å². The third-order valence-corrected chi connectivity index (χ3v) is 3.71. The summed E-state index contributed by atoms with van der Waals surface area (Å²) in [6.45, 7) is 8.04. The first-order valence-corrected chi connectivity index (χ1v) is 7.30. The molecule has 1 heterocycles. The fourth-order valence-corrected chi connectivity index (χ4v) is 2.75. The Bertz CT molecular complexity index is 440. The highest BCUT2D eigenvalue weighted by Gasteiger charge is 2.24. The number of nitrogens with zero attached hydrogens (tertiary/aromatic N) is 1. The predicted molar refractivity (Wildman–Crippen MR) is 83.6 cm³/mol. The van der Waals surface area contributed by atoms with Crippen molar-refractivity contribution in [2.45, 2.75) is 39.4 Å². The van der Waals surface area contributed by atoms with Crippen LogP contribution in [0.3, 0.4) is 0 Å². The van der Waals surface area contributed by atoms with Crippen molar-refractivity contribution >= 4 is 23.0 Å². The van der Waals surface area contributed by atoms with Crippen LogP contribution in [0.4, 0.5) is 5.69 Å². The van der Waals surface area contributed by atoms with Gasteiger partial charge in [-0.25, -0.2) is 0 Å². The zero-order valence-electron chi connectivity index (χ0n) is 11.8. The van der Waals surface area contributed by atoms with Crippen LogP contribution in [0, 0.1) is 0 Å². The predicted octanol–water partition coefficient (Wildman–Crippen LogP) is 3.06. The minimum atomic E-state index is 0.227. The van der Waals surface area contributed by atoms with Gasteiger partial charge in [-0.3, -0.25) is 0 Å². The Hall–Kier alpha value is -1.13. The van der Waals surface area contributed by atoms with Crippen LogP contribution < -0.4 is 5.32 Å². The van der Waals surface area contributed by atoms with E-state index in [1.807, 2.05) is 6.07 Å². The van der Waals surface area contributed by atoms with Crippen molar-refractivity contribution in [2.75, 3.05) is 18.4 Å². The Morgan fingerprint density at radius 3 is 2.58 bits per heavy atom. The lowest BCUT2D eigenvalue weighted by atomic mass is 10.1. The normalized spacial score (nSPS) is 23.2. The largest absolute Gasteiger partial charge is 0.372 e. The minimum Gasteiger partial charge on any atom is -0.372 e. The first-order chi connectivity index (χ1) is 9.10. The third kappa shape index (κ3) is 3.67. The van der Waals surface area contributed by atoms with Crippen LogP contribution in [0.25, 0.3) is 0 Å². The fraction of sp³-hybridized carbons (Fsp3) is 0.533. The highest BCUT2D eigenvalue weighted by molar-refractivity contribution is 7.80. The van der Waals surface area contributed by atoms with Gasteiger partial charge in [0.1, 0.15) is 0 Å². The molecule has 104 valence electrons. The lowest BCUT2D eigenvalue weighted by Gasteiger charge is -2.37. The molecule has 1 fully saturated rings. The highest BCUT2D eigenvalue weighted by atomic mass is 32.1. The van der Waals surface area contributed by atoms with Crippen molar-refractivity contribution in [3.8, 4) is 0 Å². The molecule has 1 aromatic rings. The number of para-hydroxylation sites is 1. The number of thiocarbonyl (C=S) groups is 1. The molecule has 0 bridgehead atoms. The van der Waals surface area contributed by atoms with E-state index in [-0.39, 0.29) is 12.2 Å². The number of benzene rings is 1. The zero-order chi connectivity index (χ0) is 13.8. The highest BCUT2D eigenvalue weighted by Crippen LogP contribution is 2.18. The molecule has 0 unspecified atom stereocenters. The smallest absolute Gasteiger partial charge is 0.173 e. The molecule has 0 amide bonds. The molecule has 0 aliphatic carbocycles. The summed E-state index contributed by atoms with van der Waals surface area (Å²) in [7, 11) is 0. The van der Waals surface area contributed by atoms with Crippen molar-refractivity contribution in [1.82, 2.24) is 4.90 Å². The van der Waals surface area contributed by atoms with E-state index in [2.05, 4.69) is 49.2 Å². The summed E-state index contributed by atoms with van der Waals surface area (Å²) in [5, 5.41) is 4.17. The van der Waals surface area contributed by atoms with E-state index in [1.54, 1.807) is 0 Å². The van der Waals surface area contributed by atoms with E-state index >= 15 is 0 Å². The van der Waals surface area contributed by atoms with Crippen molar-refractivity contribution in [1.29, 1.82) is 0 Å². The molecule has 19 heavy (non-hydrogen) atoms. The maximum atomic E-state index is 5.73. The summed E-state index contributed by atoms with van der Waals surface area (Å²) in [5.74, 6) is 0. The van der Waals surface area contributed by atoms with Crippen LogP contribution in [0.15, 0.2) is 24.3 Å². The number of anilines is 1. The molecule has 1 aliphatic heterocycles. The minimum absolute atomic E-state index is 0.227. The molecule has 0 radical (unpaired) electrons. The van der Waals surface area contributed by atoms with E-state index in [1.165, 1.54) is 5.56 Å². The summed E-state index contributed by atoms with van der Waals surface area (Å²) in [5.41, 5.74) is 2.40. The van der Waals surface area contributed by atoms with Crippen molar-refractivity contribution in [2.24, 2.45) is 0 Å². The van der Waals surface area contributed by atoms with E-state index in [4.69, 9.17) is 17.0 Å².